The van der Waals surface area contributed by atoms with Crippen molar-refractivity contribution in [2.45, 2.75) is 11.1 Å². The number of halogens is 4. The molecule has 3 rings (SSSR count). The van der Waals surface area contributed by atoms with E-state index in [2.05, 4.69) is 15.9 Å². The number of rotatable bonds is 3. The maximum atomic E-state index is 13.1. The van der Waals surface area contributed by atoms with E-state index in [0.29, 0.717) is 10.0 Å². The van der Waals surface area contributed by atoms with Gasteiger partial charge < -0.3 is 5.11 Å². The first-order chi connectivity index (χ1) is 12.0. The van der Waals surface area contributed by atoms with Crippen molar-refractivity contribution in [3.05, 3.63) is 64.3 Å². The number of benzene rings is 2. The van der Waals surface area contributed by atoms with Gasteiger partial charge in [-0.25, -0.2) is 17.2 Å². The Bertz CT molecular complexity index is 1120. The predicted octanol–water partition coefficient (Wildman–Crippen LogP) is 4.36. The smallest absolute Gasteiger partial charge is 0.416 e. The summed E-state index contributed by atoms with van der Waals surface area (Å²) in [5.74, 6) is -1.58. The molecule has 0 saturated heterocycles. The summed E-state index contributed by atoms with van der Waals surface area (Å²) in [6, 6.07) is 9.28. The highest BCUT2D eigenvalue weighted by molar-refractivity contribution is 9.10. The molecule has 10 heteroatoms. The number of carboxylic acids is 1. The molecule has 1 aromatic heterocycles. The van der Waals surface area contributed by atoms with Crippen LogP contribution >= 0.6 is 15.9 Å². The zero-order valence-electron chi connectivity index (χ0n) is 12.7. The Kier molecular flexibility index (Phi) is 4.35. The molecular weight excluding hydrogens is 439 g/mol. The minimum absolute atomic E-state index is 0.0370. The largest absolute Gasteiger partial charge is 0.477 e. The maximum Gasteiger partial charge on any atom is 0.416 e. The van der Waals surface area contributed by atoms with Gasteiger partial charge in [-0.1, -0.05) is 34.1 Å². The van der Waals surface area contributed by atoms with Gasteiger partial charge in [0.25, 0.3) is 10.0 Å². The Balaban J connectivity index is 2.45. The minimum atomic E-state index is -4.73. The fourth-order valence-corrected chi connectivity index (χ4v) is 4.58. The molecule has 0 fully saturated rings. The SMILES string of the molecule is O=C(O)c1cc2c(Br)cc(C(F)(F)F)cc2n1S(=O)(=O)c1ccccc1. The number of carboxylic acid groups (broad SMARTS) is 1. The molecule has 26 heavy (non-hydrogen) atoms. The Morgan fingerprint density at radius 1 is 1.08 bits per heavy atom. The maximum absolute atomic E-state index is 13.1. The topological polar surface area (TPSA) is 76.4 Å². The molecule has 0 bridgehead atoms. The van der Waals surface area contributed by atoms with Crippen LogP contribution in [0.15, 0.2) is 57.9 Å². The van der Waals surface area contributed by atoms with Crippen molar-refractivity contribution in [3.8, 4) is 0 Å². The van der Waals surface area contributed by atoms with Crippen molar-refractivity contribution in [1.82, 2.24) is 3.97 Å². The monoisotopic (exact) mass is 447 g/mol. The standard InChI is InChI=1S/C16H9BrF3NO4S/c17-12-6-9(16(18,19)20)7-13-11(12)8-14(15(22)23)21(13)26(24,25)10-4-2-1-3-5-10/h1-8H,(H,22,23). The van der Waals surface area contributed by atoms with Crippen LogP contribution in [0.4, 0.5) is 13.2 Å². The van der Waals surface area contributed by atoms with Crippen LogP contribution in [0.25, 0.3) is 10.9 Å². The van der Waals surface area contributed by atoms with Gasteiger partial charge in [-0.3, -0.25) is 0 Å². The number of aromatic nitrogens is 1. The molecule has 1 heterocycles. The fraction of sp³-hybridized carbons (Fsp3) is 0.0625. The van der Waals surface area contributed by atoms with Crippen LogP contribution in [0.2, 0.25) is 0 Å². The van der Waals surface area contributed by atoms with Crippen molar-refractivity contribution in [3.63, 3.8) is 0 Å². The number of alkyl halides is 3. The summed E-state index contributed by atoms with van der Waals surface area (Å²) in [6.45, 7) is 0. The third kappa shape index (κ3) is 2.99. The third-order valence-electron chi connectivity index (χ3n) is 3.65. The van der Waals surface area contributed by atoms with Crippen molar-refractivity contribution >= 4 is 42.8 Å². The molecule has 0 spiro atoms. The number of hydrogen-bond donors (Lipinski definition) is 1. The summed E-state index contributed by atoms with van der Waals surface area (Å²) in [6.07, 6.45) is -4.73. The van der Waals surface area contributed by atoms with Crippen molar-refractivity contribution in [2.75, 3.05) is 0 Å². The molecule has 0 aliphatic carbocycles. The number of nitrogens with zero attached hydrogens (tertiary/aromatic N) is 1. The van der Waals surface area contributed by atoms with Crippen LogP contribution in [-0.2, 0) is 16.2 Å². The van der Waals surface area contributed by atoms with E-state index >= 15 is 0 Å². The molecule has 136 valence electrons. The van der Waals surface area contributed by atoms with E-state index < -0.39 is 33.4 Å². The zero-order valence-corrected chi connectivity index (χ0v) is 15.1. The molecule has 0 radical (unpaired) electrons. The van der Waals surface area contributed by atoms with Crippen LogP contribution in [0.5, 0.6) is 0 Å². The Hall–Kier alpha value is -2.33. The van der Waals surface area contributed by atoms with Crippen LogP contribution in [0, 0.1) is 0 Å². The highest BCUT2D eigenvalue weighted by atomic mass is 79.9. The molecule has 0 atom stereocenters. The van der Waals surface area contributed by atoms with Crippen molar-refractivity contribution < 1.29 is 31.5 Å². The second-order valence-corrected chi connectivity index (χ2v) is 7.95. The van der Waals surface area contributed by atoms with E-state index in [0.717, 1.165) is 12.1 Å². The highest BCUT2D eigenvalue weighted by Gasteiger charge is 2.34. The number of hydrogen-bond acceptors (Lipinski definition) is 3. The van der Waals surface area contributed by atoms with E-state index in [1.807, 2.05) is 0 Å². The number of carbonyl (C=O) groups is 1. The van der Waals surface area contributed by atoms with Gasteiger partial charge in [0.2, 0.25) is 0 Å². The average molecular weight is 448 g/mol. The van der Waals surface area contributed by atoms with Crippen molar-refractivity contribution in [1.29, 1.82) is 0 Å². The molecule has 1 N–H and O–H groups in total. The summed E-state index contributed by atoms with van der Waals surface area (Å²) < 4.78 is 65.5. The van der Waals surface area contributed by atoms with Gasteiger partial charge in [-0.05, 0) is 30.3 Å². The summed E-state index contributed by atoms with van der Waals surface area (Å²) in [5, 5.41) is 9.41. The molecular formula is C16H9BrF3NO4S. The lowest BCUT2D eigenvalue weighted by atomic mass is 10.1. The van der Waals surface area contributed by atoms with Gasteiger partial charge in [-0.15, -0.1) is 0 Å². The molecule has 2 aromatic carbocycles. The van der Waals surface area contributed by atoms with Gasteiger partial charge in [0.05, 0.1) is 16.0 Å². The molecule has 0 saturated carbocycles. The quantitative estimate of drug-likeness (QED) is 0.646. The van der Waals surface area contributed by atoms with Crippen LogP contribution < -0.4 is 0 Å². The van der Waals surface area contributed by atoms with E-state index in [-0.39, 0.29) is 20.3 Å². The zero-order chi connectivity index (χ0) is 19.3. The predicted molar refractivity (Wildman–Crippen MR) is 90.6 cm³/mol. The van der Waals surface area contributed by atoms with Gasteiger partial charge >= 0.3 is 12.1 Å². The third-order valence-corrected chi connectivity index (χ3v) is 6.05. The van der Waals surface area contributed by atoms with Crippen LogP contribution in [0.1, 0.15) is 16.1 Å². The number of aromatic carboxylic acids is 1. The lowest BCUT2D eigenvalue weighted by Gasteiger charge is -2.12. The second kappa shape index (κ2) is 6.13. The Morgan fingerprint density at radius 2 is 1.69 bits per heavy atom. The Morgan fingerprint density at radius 3 is 2.23 bits per heavy atom. The van der Waals surface area contributed by atoms with Gasteiger partial charge in [0, 0.05) is 9.86 Å². The van der Waals surface area contributed by atoms with Gasteiger partial charge in [-0.2, -0.15) is 13.2 Å². The normalized spacial score (nSPS) is 12.5. The minimum Gasteiger partial charge on any atom is -0.477 e. The molecule has 0 unspecified atom stereocenters. The van der Waals surface area contributed by atoms with E-state index in [9.17, 15) is 31.5 Å². The summed E-state index contributed by atoms with van der Waals surface area (Å²) in [5.41, 5.74) is -2.15. The average Bonchev–Trinajstić information content (AvgIpc) is 2.96. The fourth-order valence-electron chi connectivity index (χ4n) is 2.51. The molecule has 0 amide bonds. The van der Waals surface area contributed by atoms with Crippen LogP contribution in [0.3, 0.4) is 0 Å². The Labute approximate surface area is 153 Å². The lowest BCUT2D eigenvalue weighted by molar-refractivity contribution is -0.137. The molecule has 3 aromatic rings. The van der Waals surface area contributed by atoms with E-state index in [1.165, 1.54) is 24.3 Å². The lowest BCUT2D eigenvalue weighted by Crippen LogP contribution is -2.18. The van der Waals surface area contributed by atoms with Crippen molar-refractivity contribution in [2.24, 2.45) is 0 Å². The van der Waals surface area contributed by atoms with Crippen LogP contribution in [-0.4, -0.2) is 23.5 Å². The molecule has 0 aliphatic rings. The summed E-state index contributed by atoms with van der Waals surface area (Å²) >= 11 is 2.96. The highest BCUT2D eigenvalue weighted by Crippen LogP contribution is 2.37. The summed E-state index contributed by atoms with van der Waals surface area (Å²) in [7, 11) is -4.43. The first-order valence-corrected chi connectivity index (χ1v) is 9.23. The van der Waals surface area contributed by atoms with E-state index in [4.69, 9.17) is 0 Å². The van der Waals surface area contributed by atoms with Gasteiger partial charge in [0.1, 0.15) is 5.69 Å². The summed E-state index contributed by atoms with van der Waals surface area (Å²) in [4.78, 5) is 11.3. The first-order valence-electron chi connectivity index (χ1n) is 6.99. The molecule has 0 aliphatic heterocycles. The number of fused-ring (bicyclic) bond motifs is 1. The second-order valence-electron chi connectivity index (χ2n) is 5.31. The van der Waals surface area contributed by atoms with E-state index in [1.54, 1.807) is 6.07 Å². The first kappa shape index (κ1) is 18.5. The van der Waals surface area contributed by atoms with Gasteiger partial charge in [0.15, 0.2) is 0 Å². The molecule has 5 nitrogen and oxygen atoms in total.